The Morgan fingerprint density at radius 1 is 1.38 bits per heavy atom. The van der Waals surface area contributed by atoms with E-state index in [1.165, 1.54) is 12.5 Å². The summed E-state index contributed by atoms with van der Waals surface area (Å²) >= 11 is 0. The molecule has 0 unspecified atom stereocenters. The van der Waals surface area contributed by atoms with Crippen LogP contribution in [0.4, 0.5) is 0 Å². The topological polar surface area (TPSA) is 53.4 Å². The number of nitrogens with zero attached hydrogens (tertiary/aromatic N) is 2. The van der Waals surface area contributed by atoms with Gasteiger partial charge in [-0.25, -0.2) is 4.98 Å². The molecule has 0 amide bonds. The van der Waals surface area contributed by atoms with Gasteiger partial charge >= 0.3 is 0 Å². The lowest BCUT2D eigenvalue weighted by atomic mass is 10.0. The maximum atomic E-state index is 12.1. The van der Waals surface area contributed by atoms with E-state index in [1.807, 2.05) is 12.2 Å². The highest BCUT2D eigenvalue weighted by atomic mass is 35.5. The molecule has 21 heavy (non-hydrogen) atoms. The van der Waals surface area contributed by atoms with Crippen LogP contribution in [-0.4, -0.2) is 15.3 Å². The van der Waals surface area contributed by atoms with E-state index < -0.39 is 0 Å². The number of carbonyl (C=O) groups is 1. The number of aromatic nitrogens is 2. The maximum Gasteiger partial charge on any atom is 0.220 e. The maximum absolute atomic E-state index is 12.1. The molecule has 0 radical (unpaired) electrons. The van der Waals surface area contributed by atoms with Crippen LogP contribution in [0, 0.1) is 0 Å². The Kier molecular flexibility index (Phi) is 5.00. The molecule has 2 aliphatic rings. The summed E-state index contributed by atoms with van der Waals surface area (Å²) in [6, 6.07) is 0. The van der Waals surface area contributed by atoms with E-state index in [4.69, 9.17) is 9.47 Å². The molecule has 5 nitrogen and oxygen atoms in total. The average Bonchev–Trinajstić information content (AvgIpc) is 3.01. The molecule has 1 aromatic heterocycles. The van der Waals surface area contributed by atoms with Crippen LogP contribution < -0.4 is 0 Å². The first-order valence-corrected chi connectivity index (χ1v) is 6.41. The van der Waals surface area contributed by atoms with Crippen LogP contribution in [0.25, 0.3) is 0 Å². The van der Waals surface area contributed by atoms with Crippen LogP contribution in [0.1, 0.15) is 12.8 Å². The molecule has 1 aromatic rings. The molecule has 3 rings (SSSR count). The normalized spacial score (nSPS) is 16.7. The molecule has 0 aromatic carbocycles. The van der Waals surface area contributed by atoms with Crippen molar-refractivity contribution in [3.05, 3.63) is 66.6 Å². The van der Waals surface area contributed by atoms with Gasteiger partial charge in [-0.05, 0) is 18.4 Å². The zero-order valence-corrected chi connectivity index (χ0v) is 12.1. The fraction of sp³-hybridized carbons (Fsp3) is 0.200. The van der Waals surface area contributed by atoms with Gasteiger partial charge in [0.1, 0.15) is 12.5 Å². The third-order valence-electron chi connectivity index (χ3n) is 3.06. The highest BCUT2D eigenvalue weighted by Gasteiger charge is 2.20. The van der Waals surface area contributed by atoms with Crippen LogP contribution >= 0.6 is 12.4 Å². The second-order valence-electron chi connectivity index (χ2n) is 4.52. The summed E-state index contributed by atoms with van der Waals surface area (Å²) in [5.41, 5.74) is 1.04. The largest absolute Gasteiger partial charge is 0.465 e. The van der Waals surface area contributed by atoms with Crippen molar-refractivity contribution in [3.63, 3.8) is 0 Å². The van der Waals surface area contributed by atoms with Crippen molar-refractivity contribution in [1.82, 2.24) is 9.55 Å². The Labute approximate surface area is 128 Å². The van der Waals surface area contributed by atoms with Gasteiger partial charge in [0, 0.05) is 12.4 Å². The zero-order chi connectivity index (χ0) is 13.8. The Morgan fingerprint density at radius 3 is 3.00 bits per heavy atom. The van der Waals surface area contributed by atoms with E-state index in [0.717, 1.165) is 18.4 Å². The summed E-state index contributed by atoms with van der Waals surface area (Å²) in [4.78, 5) is 16.0. The molecule has 110 valence electrons. The number of carbonyl (C=O) groups excluding carboxylic acids is 1. The zero-order valence-electron chi connectivity index (χ0n) is 11.3. The van der Waals surface area contributed by atoms with E-state index in [2.05, 4.69) is 11.1 Å². The molecule has 0 N–H and O–H groups in total. The average molecular weight is 307 g/mol. The van der Waals surface area contributed by atoms with Gasteiger partial charge in [0.2, 0.25) is 11.5 Å². The van der Waals surface area contributed by atoms with Crippen molar-refractivity contribution in [1.29, 1.82) is 0 Å². The van der Waals surface area contributed by atoms with Crippen molar-refractivity contribution in [3.8, 4) is 0 Å². The number of ether oxygens (including phenoxy) is 2. The SMILES string of the molecule is Cl.O=C(Cn1ccnc1)C1=COC=C(C2=CC=CCC2)O1. The first-order valence-electron chi connectivity index (χ1n) is 6.41. The van der Waals surface area contributed by atoms with Crippen molar-refractivity contribution < 1.29 is 14.3 Å². The van der Waals surface area contributed by atoms with Crippen molar-refractivity contribution in [2.45, 2.75) is 19.4 Å². The molecule has 1 aliphatic carbocycles. The smallest absolute Gasteiger partial charge is 0.220 e. The van der Waals surface area contributed by atoms with Crippen LogP contribution in [0.3, 0.4) is 0 Å². The van der Waals surface area contributed by atoms with E-state index in [1.54, 1.807) is 23.3 Å². The monoisotopic (exact) mass is 306 g/mol. The molecule has 1 aliphatic heterocycles. The van der Waals surface area contributed by atoms with Gasteiger partial charge < -0.3 is 14.0 Å². The molecule has 0 bridgehead atoms. The number of hydrogen-bond donors (Lipinski definition) is 0. The molecule has 0 saturated heterocycles. The predicted molar refractivity (Wildman–Crippen MR) is 79.3 cm³/mol. The fourth-order valence-corrected chi connectivity index (χ4v) is 2.02. The number of rotatable bonds is 4. The second kappa shape index (κ2) is 6.95. The fourth-order valence-electron chi connectivity index (χ4n) is 2.02. The van der Waals surface area contributed by atoms with Crippen LogP contribution in [0.5, 0.6) is 0 Å². The van der Waals surface area contributed by atoms with Crippen molar-refractivity contribution >= 4 is 18.2 Å². The lowest BCUT2D eigenvalue weighted by Gasteiger charge is -2.18. The van der Waals surface area contributed by atoms with E-state index in [9.17, 15) is 4.79 Å². The first kappa shape index (κ1) is 15.1. The highest BCUT2D eigenvalue weighted by molar-refractivity contribution is 5.93. The molecule has 2 heterocycles. The summed E-state index contributed by atoms with van der Waals surface area (Å²) in [6.07, 6.45) is 15.7. The van der Waals surface area contributed by atoms with Crippen molar-refractivity contribution in [2.75, 3.05) is 0 Å². The Hall–Kier alpha value is -2.27. The van der Waals surface area contributed by atoms with Gasteiger partial charge in [-0.15, -0.1) is 12.4 Å². The van der Waals surface area contributed by atoms with E-state index in [-0.39, 0.29) is 30.5 Å². The minimum absolute atomic E-state index is 0. The quantitative estimate of drug-likeness (QED) is 0.858. The van der Waals surface area contributed by atoms with Gasteiger partial charge in [-0.2, -0.15) is 0 Å². The lowest BCUT2D eigenvalue weighted by Crippen LogP contribution is -2.16. The number of imidazole rings is 1. The Balaban J connectivity index is 0.00000161. The number of halogens is 1. The molecule has 0 saturated carbocycles. The van der Waals surface area contributed by atoms with Gasteiger partial charge in [0.05, 0.1) is 12.9 Å². The second-order valence-corrected chi connectivity index (χ2v) is 4.52. The minimum atomic E-state index is -0.152. The first-order chi connectivity index (χ1) is 9.83. The number of ketones is 1. The summed E-state index contributed by atoms with van der Waals surface area (Å²) in [7, 11) is 0. The molecular weight excluding hydrogens is 292 g/mol. The number of hydrogen-bond acceptors (Lipinski definition) is 4. The van der Waals surface area contributed by atoms with Gasteiger partial charge in [0.15, 0.2) is 5.76 Å². The lowest BCUT2D eigenvalue weighted by molar-refractivity contribution is -0.119. The minimum Gasteiger partial charge on any atom is -0.465 e. The van der Waals surface area contributed by atoms with Crippen molar-refractivity contribution in [2.24, 2.45) is 0 Å². The number of Topliss-reactive ketones (excluding diaryl/α,β-unsaturated/α-hetero) is 1. The molecular formula is C15H15ClN2O3. The van der Waals surface area contributed by atoms with Crippen LogP contribution in [-0.2, 0) is 20.8 Å². The Morgan fingerprint density at radius 2 is 2.29 bits per heavy atom. The summed E-state index contributed by atoms with van der Waals surface area (Å²) in [5, 5.41) is 0. The highest BCUT2D eigenvalue weighted by Crippen LogP contribution is 2.26. The third-order valence-corrected chi connectivity index (χ3v) is 3.06. The van der Waals surface area contributed by atoms with Gasteiger partial charge in [0.25, 0.3) is 0 Å². The van der Waals surface area contributed by atoms with Gasteiger partial charge in [-0.1, -0.05) is 18.2 Å². The van der Waals surface area contributed by atoms with Crippen LogP contribution in [0.2, 0.25) is 0 Å². The molecule has 0 spiro atoms. The summed E-state index contributed by atoms with van der Waals surface area (Å²) in [6.45, 7) is 0.182. The van der Waals surface area contributed by atoms with E-state index >= 15 is 0 Å². The molecule has 0 atom stereocenters. The molecule has 0 fully saturated rings. The Bertz CT molecular complexity index is 627. The summed E-state index contributed by atoms with van der Waals surface area (Å²) < 4.78 is 12.6. The third kappa shape index (κ3) is 3.64. The van der Waals surface area contributed by atoms with E-state index in [0.29, 0.717) is 5.76 Å². The van der Waals surface area contributed by atoms with Gasteiger partial charge in [-0.3, -0.25) is 4.79 Å². The van der Waals surface area contributed by atoms with Crippen LogP contribution in [0.15, 0.2) is 66.6 Å². The standard InChI is InChI=1S/C15H14N2O3.ClH/c18-13(8-17-7-6-16-11-17)15-10-19-9-14(20-15)12-4-2-1-3-5-12;/h1-2,4,6-7,9-11H,3,5,8H2;1H. The number of allylic oxidation sites excluding steroid dienone is 5. The summed E-state index contributed by atoms with van der Waals surface area (Å²) in [5.74, 6) is 0.665. The predicted octanol–water partition coefficient (Wildman–Crippen LogP) is 2.88. The molecule has 6 heteroatoms.